The Labute approximate surface area is 348 Å². The molecule has 5 aliphatic rings. The van der Waals surface area contributed by atoms with E-state index in [9.17, 15) is 27.6 Å². The van der Waals surface area contributed by atoms with Gasteiger partial charge in [0.25, 0.3) is 5.91 Å². The molecule has 320 valence electrons. The zero-order chi connectivity index (χ0) is 42.3. The van der Waals surface area contributed by atoms with Gasteiger partial charge in [0, 0.05) is 35.4 Å². The molecule has 0 unspecified atom stereocenters. The van der Waals surface area contributed by atoms with Gasteiger partial charge in [0.1, 0.15) is 54.5 Å². The Kier molecular flexibility index (Phi) is 11.3. The predicted molar refractivity (Wildman–Crippen MR) is 219 cm³/mol. The van der Waals surface area contributed by atoms with Crippen LogP contribution in [0.3, 0.4) is 0 Å². The molecule has 17 heteroatoms. The van der Waals surface area contributed by atoms with E-state index in [-0.39, 0.29) is 25.5 Å². The van der Waals surface area contributed by atoms with Crippen LogP contribution in [0.15, 0.2) is 55.1 Å². The summed E-state index contributed by atoms with van der Waals surface area (Å²) in [6, 6.07) is 10.5. The fraction of sp³-hybridized carbons (Fsp3) is 0.512. The molecular weight excluding hydrogens is 795 g/mol. The number of sulfonamides is 1. The maximum Gasteiger partial charge on any atom is 0.408 e. The number of carbonyl (C=O) groups is 4. The summed E-state index contributed by atoms with van der Waals surface area (Å²) in [4.78, 5) is 62.1. The number of rotatable bonds is 14. The van der Waals surface area contributed by atoms with Gasteiger partial charge >= 0.3 is 6.09 Å². The van der Waals surface area contributed by atoms with Crippen LogP contribution < -0.4 is 34.3 Å². The number of pyridine rings is 1. The summed E-state index contributed by atoms with van der Waals surface area (Å²) in [5.41, 5.74) is 0.290. The first-order chi connectivity index (χ1) is 28.8. The third-order valence-electron chi connectivity index (χ3n) is 12.0. The highest BCUT2D eigenvalue weighted by Crippen LogP contribution is 2.46. The molecule has 0 radical (unpaired) electrons. The van der Waals surface area contributed by atoms with Gasteiger partial charge in [-0.1, -0.05) is 19.9 Å². The van der Waals surface area contributed by atoms with Crippen molar-refractivity contribution in [2.75, 3.05) is 26.9 Å². The lowest BCUT2D eigenvalue weighted by atomic mass is 10.0. The zero-order valence-corrected chi connectivity index (χ0v) is 34.8. The van der Waals surface area contributed by atoms with Crippen molar-refractivity contribution < 1.29 is 51.3 Å². The molecule has 1 aromatic heterocycles. The standard InChI is InChI=1S/C43H51N5O11S/c1-5-26-22-43(26,41(51)47-60(53,54)30-12-13-30)46-39(49)34-20-29(23-48(34)40(50)38(24(2)3)45-42(52)59-27-8-6-7-9-27)58-36-21-32(44-33-19-28(55-4)11-14-31(33)36)25-10-15-35-37(18-25)57-17-16-56-35/h5,10-11,14-15,18-19,21,24,26-27,29-30,34,38H,1,6-9,12-13,16-17,20,22-23H2,2-4H3,(H,45,52)(H,46,49)(H,47,51)/t26-,29-,34+,38+,43-/m1/s1. The highest BCUT2D eigenvalue weighted by Gasteiger charge is 2.62. The highest BCUT2D eigenvalue weighted by atomic mass is 32.2. The number of fused-ring (bicyclic) bond motifs is 2. The number of ether oxygens (including phenoxy) is 5. The maximum absolute atomic E-state index is 14.6. The van der Waals surface area contributed by atoms with Crippen LogP contribution in [0, 0.1) is 11.8 Å². The number of methoxy groups -OCH3 is 1. The number of benzene rings is 2. The summed E-state index contributed by atoms with van der Waals surface area (Å²) in [6.45, 7) is 8.17. The normalized spacial score (nSPS) is 24.1. The van der Waals surface area contributed by atoms with Gasteiger partial charge in [-0.2, -0.15) is 0 Å². The van der Waals surface area contributed by atoms with Crippen LogP contribution in [0.25, 0.3) is 22.2 Å². The Bertz CT molecular complexity index is 2310. The topological polar surface area (TPSA) is 201 Å². The number of carbonyl (C=O) groups excluding carboxylic acids is 4. The minimum absolute atomic E-state index is 0.00502. The van der Waals surface area contributed by atoms with E-state index in [0.29, 0.717) is 65.7 Å². The van der Waals surface area contributed by atoms with Gasteiger partial charge in [0.2, 0.25) is 21.8 Å². The van der Waals surface area contributed by atoms with E-state index in [1.165, 1.54) is 11.0 Å². The molecule has 3 saturated carbocycles. The average molecular weight is 846 g/mol. The van der Waals surface area contributed by atoms with Crippen molar-refractivity contribution in [3.63, 3.8) is 0 Å². The molecule has 5 atom stereocenters. The second-order valence-electron chi connectivity index (χ2n) is 16.6. The van der Waals surface area contributed by atoms with Crippen molar-refractivity contribution >= 4 is 44.7 Å². The lowest BCUT2D eigenvalue weighted by Crippen LogP contribution is -2.59. The van der Waals surface area contributed by atoms with Gasteiger partial charge < -0.3 is 39.2 Å². The molecule has 3 aromatic rings. The Morgan fingerprint density at radius 3 is 2.42 bits per heavy atom. The Morgan fingerprint density at radius 2 is 1.73 bits per heavy atom. The van der Waals surface area contributed by atoms with Crippen LogP contribution >= 0.6 is 0 Å². The van der Waals surface area contributed by atoms with Crippen LogP contribution in [0.2, 0.25) is 0 Å². The second kappa shape index (κ2) is 16.5. The van der Waals surface area contributed by atoms with Gasteiger partial charge in [0.05, 0.1) is 30.1 Å². The fourth-order valence-corrected chi connectivity index (χ4v) is 9.70. The largest absolute Gasteiger partial charge is 0.497 e. The summed E-state index contributed by atoms with van der Waals surface area (Å²) >= 11 is 0. The second-order valence-corrected chi connectivity index (χ2v) is 18.6. The molecule has 4 fully saturated rings. The van der Waals surface area contributed by atoms with Crippen LogP contribution in [0.4, 0.5) is 4.79 Å². The van der Waals surface area contributed by atoms with Crippen molar-refractivity contribution in [1.82, 2.24) is 25.2 Å². The molecule has 1 saturated heterocycles. The Balaban J connectivity index is 1.10. The molecule has 2 aromatic carbocycles. The van der Waals surface area contributed by atoms with E-state index in [4.69, 9.17) is 28.7 Å². The van der Waals surface area contributed by atoms with Crippen LogP contribution in [-0.4, -0.2) is 104 Å². The lowest BCUT2D eigenvalue weighted by Gasteiger charge is -2.31. The number of nitrogens with one attached hydrogen (secondary N) is 3. The number of alkyl carbamates (subject to hydrolysis) is 1. The third kappa shape index (κ3) is 8.40. The highest BCUT2D eigenvalue weighted by molar-refractivity contribution is 7.91. The number of nitrogens with zero attached hydrogens (tertiary/aromatic N) is 2. The number of amides is 4. The van der Waals surface area contributed by atoms with Crippen LogP contribution in [0.1, 0.15) is 65.2 Å². The first kappa shape index (κ1) is 41.2. The quantitative estimate of drug-likeness (QED) is 0.194. The van der Waals surface area contributed by atoms with Crippen LogP contribution in [0.5, 0.6) is 23.0 Å². The van der Waals surface area contributed by atoms with Gasteiger partial charge in [0.15, 0.2) is 11.5 Å². The maximum atomic E-state index is 14.6. The molecular formula is C43H51N5O11S. The van der Waals surface area contributed by atoms with Gasteiger partial charge in [-0.15, -0.1) is 6.58 Å². The first-order valence-corrected chi connectivity index (χ1v) is 22.2. The Hall–Kier alpha value is -5.58. The molecule has 3 heterocycles. The molecule has 16 nitrogen and oxygen atoms in total. The molecule has 0 bridgehead atoms. The molecule has 2 aliphatic heterocycles. The van der Waals surface area contributed by atoms with E-state index in [1.54, 1.807) is 39.2 Å². The summed E-state index contributed by atoms with van der Waals surface area (Å²) < 4.78 is 57.3. The lowest BCUT2D eigenvalue weighted by molar-refractivity contribution is -0.141. The SMILES string of the molecule is C=C[C@@H]1C[C@]1(NC(=O)[C@@H]1C[C@@H](Oc2cc(-c3ccc4c(c3)OCCO4)nc3cc(OC)ccc23)CN1C(=O)[C@@H](NC(=O)OC1CCCC1)C(C)C)C(=O)NS(=O)(=O)C1CC1. The van der Waals surface area contributed by atoms with E-state index >= 15 is 0 Å². The van der Waals surface area contributed by atoms with Crippen molar-refractivity contribution in [1.29, 1.82) is 0 Å². The summed E-state index contributed by atoms with van der Waals surface area (Å²) in [5.74, 6) is -0.779. The summed E-state index contributed by atoms with van der Waals surface area (Å²) in [7, 11) is -2.36. The number of likely N-dealkylation sites (tertiary alicyclic amines) is 1. The summed E-state index contributed by atoms with van der Waals surface area (Å²) in [6.07, 6.45) is 4.24. The molecule has 3 aliphatic carbocycles. The van der Waals surface area contributed by atoms with Gasteiger partial charge in [-0.25, -0.2) is 18.2 Å². The van der Waals surface area contributed by atoms with E-state index < -0.39 is 74.7 Å². The molecule has 4 amide bonds. The van der Waals surface area contributed by atoms with E-state index in [1.807, 2.05) is 24.3 Å². The summed E-state index contributed by atoms with van der Waals surface area (Å²) in [5, 5.41) is 5.57. The van der Waals surface area contributed by atoms with Crippen LogP contribution in [-0.2, 0) is 29.1 Å². The van der Waals surface area contributed by atoms with Crippen molar-refractivity contribution in [3.8, 4) is 34.3 Å². The third-order valence-corrected chi connectivity index (χ3v) is 13.8. The van der Waals surface area contributed by atoms with Crippen molar-refractivity contribution in [2.45, 2.75) is 100 Å². The van der Waals surface area contributed by atoms with Crippen molar-refractivity contribution in [2.24, 2.45) is 11.8 Å². The van der Waals surface area contributed by atoms with Gasteiger partial charge in [-0.3, -0.25) is 19.1 Å². The number of hydrogen-bond acceptors (Lipinski definition) is 12. The average Bonchev–Trinajstić information content (AvgIpc) is 4.12. The molecule has 8 rings (SSSR count). The smallest absolute Gasteiger partial charge is 0.408 e. The van der Waals surface area contributed by atoms with Crippen molar-refractivity contribution in [3.05, 3.63) is 55.1 Å². The van der Waals surface area contributed by atoms with E-state index in [2.05, 4.69) is 21.9 Å². The molecule has 0 spiro atoms. The van der Waals surface area contributed by atoms with Gasteiger partial charge in [-0.05, 0) is 81.2 Å². The molecule has 3 N–H and O–H groups in total. The molecule has 60 heavy (non-hydrogen) atoms. The number of aromatic nitrogens is 1. The predicted octanol–water partition coefficient (Wildman–Crippen LogP) is 4.39. The minimum atomic E-state index is -3.92. The van der Waals surface area contributed by atoms with E-state index in [0.717, 1.165) is 31.2 Å². The zero-order valence-electron chi connectivity index (χ0n) is 33.9. The monoisotopic (exact) mass is 845 g/mol. The Morgan fingerprint density at radius 1 is 0.983 bits per heavy atom. The fourth-order valence-electron chi connectivity index (χ4n) is 8.34. The first-order valence-electron chi connectivity index (χ1n) is 20.6. The number of hydrogen-bond donors (Lipinski definition) is 3. The minimum Gasteiger partial charge on any atom is -0.497 e.